The number of imidazole rings is 1. The van der Waals surface area contributed by atoms with Gasteiger partial charge < -0.3 is 5.11 Å². The molecule has 0 fully saturated rings. The van der Waals surface area contributed by atoms with E-state index < -0.39 is 5.97 Å². The average Bonchev–Trinajstić information content (AvgIpc) is 2.88. The number of carboxylic acid groups (broad SMARTS) is 1. The number of fused-ring (bicyclic) bond motifs is 4. The highest BCUT2D eigenvalue weighted by molar-refractivity contribution is 6.08. The molecule has 0 aliphatic rings. The van der Waals surface area contributed by atoms with Gasteiger partial charge in [0, 0.05) is 24.0 Å². The molecule has 0 saturated carbocycles. The van der Waals surface area contributed by atoms with Crippen molar-refractivity contribution in [2.45, 2.75) is 0 Å². The first-order chi connectivity index (χ1) is 9.74. The number of carbonyl (C=O) groups is 1. The molecule has 1 aromatic carbocycles. The second-order valence-corrected chi connectivity index (χ2v) is 4.62. The normalized spacial score (nSPS) is 11.4. The minimum atomic E-state index is -0.984. The van der Waals surface area contributed by atoms with Crippen molar-refractivity contribution >= 4 is 33.2 Å². The van der Waals surface area contributed by atoms with E-state index in [-0.39, 0.29) is 5.69 Å². The van der Waals surface area contributed by atoms with Gasteiger partial charge in [-0.05, 0) is 28.3 Å². The third-order valence-electron chi connectivity index (χ3n) is 3.48. The Balaban J connectivity index is 2.19. The fourth-order valence-corrected chi connectivity index (χ4v) is 2.53. The number of rotatable bonds is 1. The molecule has 0 spiro atoms. The Morgan fingerprint density at radius 1 is 1.10 bits per heavy atom. The molecule has 4 rings (SSSR count). The molecule has 1 N–H and O–H groups in total. The van der Waals surface area contributed by atoms with Crippen LogP contribution >= 0.6 is 0 Å². The Bertz CT molecular complexity index is 988. The molecule has 0 aliphatic carbocycles. The molecule has 3 aromatic heterocycles. The number of nitrogens with zero attached hydrogens (tertiary/aromatic N) is 3. The maximum absolute atomic E-state index is 11.2. The van der Waals surface area contributed by atoms with Crippen LogP contribution in [0.4, 0.5) is 0 Å². The van der Waals surface area contributed by atoms with Crippen LogP contribution in [0.5, 0.6) is 0 Å². The van der Waals surface area contributed by atoms with Crippen molar-refractivity contribution in [3.63, 3.8) is 0 Å². The maximum Gasteiger partial charge on any atom is 0.354 e. The molecule has 20 heavy (non-hydrogen) atoms. The summed E-state index contributed by atoms with van der Waals surface area (Å²) in [5.74, 6) is -0.984. The SMILES string of the molecule is O=C(O)c1cnc2cc3c(ccc4cnccc43)cn12. The zero-order chi connectivity index (χ0) is 13.7. The first kappa shape index (κ1) is 10.9. The van der Waals surface area contributed by atoms with Gasteiger partial charge in [-0.1, -0.05) is 12.1 Å². The number of hydrogen-bond acceptors (Lipinski definition) is 3. The second kappa shape index (κ2) is 3.77. The molecular formula is C15H9N3O2. The Labute approximate surface area is 113 Å². The van der Waals surface area contributed by atoms with E-state index in [9.17, 15) is 4.79 Å². The maximum atomic E-state index is 11.2. The minimum absolute atomic E-state index is 0.164. The van der Waals surface area contributed by atoms with Gasteiger partial charge in [0.2, 0.25) is 0 Å². The van der Waals surface area contributed by atoms with Crippen LogP contribution in [0.1, 0.15) is 10.5 Å². The molecule has 0 radical (unpaired) electrons. The van der Waals surface area contributed by atoms with E-state index in [0.717, 1.165) is 21.5 Å². The van der Waals surface area contributed by atoms with Crippen LogP contribution in [0.3, 0.4) is 0 Å². The molecule has 5 heteroatoms. The molecule has 0 aliphatic heterocycles. The molecule has 0 bridgehead atoms. The fraction of sp³-hybridized carbons (Fsp3) is 0. The molecular weight excluding hydrogens is 254 g/mol. The summed E-state index contributed by atoms with van der Waals surface area (Å²) >= 11 is 0. The summed E-state index contributed by atoms with van der Waals surface area (Å²) in [5.41, 5.74) is 0.788. The third kappa shape index (κ3) is 1.40. The lowest BCUT2D eigenvalue weighted by Crippen LogP contribution is -2.01. The van der Waals surface area contributed by atoms with Gasteiger partial charge in [0.1, 0.15) is 5.65 Å². The standard InChI is InChI=1S/C15H9N3O2/c19-15(20)13-7-17-14-5-12-10(8-18(13)14)2-1-9-6-16-4-3-11(9)12/h1-8H,(H,19,20). The van der Waals surface area contributed by atoms with Crippen LogP contribution < -0.4 is 0 Å². The van der Waals surface area contributed by atoms with Gasteiger partial charge in [-0.3, -0.25) is 9.38 Å². The number of carboxylic acids is 1. The van der Waals surface area contributed by atoms with Gasteiger partial charge in [-0.15, -0.1) is 0 Å². The first-order valence-electron chi connectivity index (χ1n) is 6.11. The molecule has 0 saturated heterocycles. The Hall–Kier alpha value is -2.95. The monoisotopic (exact) mass is 263 g/mol. The molecule has 0 amide bonds. The lowest BCUT2D eigenvalue weighted by atomic mass is 10.1. The Kier molecular flexibility index (Phi) is 2.06. The first-order valence-corrected chi connectivity index (χ1v) is 6.11. The van der Waals surface area contributed by atoms with E-state index in [4.69, 9.17) is 5.11 Å². The highest BCUT2D eigenvalue weighted by Crippen LogP contribution is 2.26. The zero-order valence-corrected chi connectivity index (χ0v) is 10.3. The van der Waals surface area contributed by atoms with Gasteiger partial charge in [0.15, 0.2) is 5.69 Å². The number of benzene rings is 1. The fourth-order valence-electron chi connectivity index (χ4n) is 2.53. The Morgan fingerprint density at radius 3 is 2.80 bits per heavy atom. The number of hydrogen-bond donors (Lipinski definition) is 1. The second-order valence-electron chi connectivity index (χ2n) is 4.62. The van der Waals surface area contributed by atoms with Crippen molar-refractivity contribution in [3.8, 4) is 0 Å². The van der Waals surface area contributed by atoms with Crippen LogP contribution in [0.25, 0.3) is 27.2 Å². The number of aromatic carboxylic acids is 1. The summed E-state index contributed by atoms with van der Waals surface area (Å²) in [7, 11) is 0. The van der Waals surface area contributed by atoms with Crippen molar-refractivity contribution < 1.29 is 9.90 Å². The topological polar surface area (TPSA) is 67.5 Å². The van der Waals surface area contributed by atoms with Crippen LogP contribution in [-0.2, 0) is 0 Å². The molecule has 3 heterocycles. The summed E-state index contributed by atoms with van der Waals surface area (Å²) < 4.78 is 1.59. The summed E-state index contributed by atoms with van der Waals surface area (Å²) in [6, 6.07) is 7.80. The predicted molar refractivity (Wildman–Crippen MR) is 75.0 cm³/mol. The van der Waals surface area contributed by atoms with E-state index in [1.807, 2.05) is 30.5 Å². The van der Waals surface area contributed by atoms with E-state index in [0.29, 0.717) is 5.65 Å². The number of pyridine rings is 2. The van der Waals surface area contributed by atoms with Crippen LogP contribution in [-0.4, -0.2) is 25.4 Å². The zero-order valence-electron chi connectivity index (χ0n) is 10.3. The average molecular weight is 263 g/mol. The molecule has 4 aromatic rings. The lowest BCUT2D eigenvalue weighted by molar-refractivity contribution is 0.0689. The van der Waals surface area contributed by atoms with Crippen molar-refractivity contribution in [1.82, 2.24) is 14.4 Å². The van der Waals surface area contributed by atoms with Gasteiger partial charge >= 0.3 is 5.97 Å². The number of aromatic nitrogens is 3. The van der Waals surface area contributed by atoms with Crippen molar-refractivity contribution in [3.05, 3.63) is 54.7 Å². The van der Waals surface area contributed by atoms with E-state index in [1.165, 1.54) is 6.20 Å². The molecule has 0 atom stereocenters. The summed E-state index contributed by atoms with van der Waals surface area (Å²) in [4.78, 5) is 19.4. The highest BCUT2D eigenvalue weighted by Gasteiger charge is 2.11. The van der Waals surface area contributed by atoms with Crippen LogP contribution in [0.15, 0.2) is 49.1 Å². The van der Waals surface area contributed by atoms with Crippen molar-refractivity contribution in [2.75, 3.05) is 0 Å². The molecule has 5 nitrogen and oxygen atoms in total. The van der Waals surface area contributed by atoms with Crippen LogP contribution in [0.2, 0.25) is 0 Å². The Morgan fingerprint density at radius 2 is 1.95 bits per heavy atom. The molecule has 0 unspecified atom stereocenters. The van der Waals surface area contributed by atoms with Gasteiger partial charge in [-0.25, -0.2) is 9.78 Å². The van der Waals surface area contributed by atoms with Crippen molar-refractivity contribution in [1.29, 1.82) is 0 Å². The van der Waals surface area contributed by atoms with Gasteiger partial charge in [0.25, 0.3) is 0 Å². The highest BCUT2D eigenvalue weighted by atomic mass is 16.4. The van der Waals surface area contributed by atoms with Gasteiger partial charge in [-0.2, -0.15) is 0 Å². The summed E-state index contributed by atoms with van der Waals surface area (Å²) in [6.45, 7) is 0. The van der Waals surface area contributed by atoms with Crippen LogP contribution in [0, 0.1) is 0 Å². The summed E-state index contributed by atoms with van der Waals surface area (Å²) in [6.07, 6.45) is 6.74. The molecule has 96 valence electrons. The smallest absolute Gasteiger partial charge is 0.354 e. The van der Waals surface area contributed by atoms with E-state index in [1.54, 1.807) is 16.8 Å². The van der Waals surface area contributed by atoms with Crippen molar-refractivity contribution in [2.24, 2.45) is 0 Å². The minimum Gasteiger partial charge on any atom is -0.477 e. The van der Waals surface area contributed by atoms with Gasteiger partial charge in [0.05, 0.1) is 6.20 Å². The third-order valence-corrected chi connectivity index (χ3v) is 3.48. The largest absolute Gasteiger partial charge is 0.477 e. The van der Waals surface area contributed by atoms with E-state index >= 15 is 0 Å². The predicted octanol–water partition coefficient (Wildman–Crippen LogP) is 2.73. The lowest BCUT2D eigenvalue weighted by Gasteiger charge is -2.05. The quantitative estimate of drug-likeness (QED) is 0.536. The van der Waals surface area contributed by atoms with E-state index in [2.05, 4.69) is 9.97 Å². The summed E-state index contributed by atoms with van der Waals surface area (Å²) in [5, 5.41) is 13.3.